The molecular formula is C14H20N2O3. The van der Waals surface area contributed by atoms with Crippen LogP contribution < -0.4 is 15.8 Å². The maximum absolute atomic E-state index is 11.6. The molecule has 0 saturated heterocycles. The van der Waals surface area contributed by atoms with Crippen LogP contribution in [0.2, 0.25) is 0 Å². The van der Waals surface area contributed by atoms with Crippen molar-refractivity contribution in [2.75, 3.05) is 20.3 Å². The first-order valence-corrected chi connectivity index (χ1v) is 6.40. The Labute approximate surface area is 112 Å². The Balaban J connectivity index is 1.97. The van der Waals surface area contributed by atoms with Crippen LogP contribution in [0, 0.1) is 0 Å². The first-order chi connectivity index (χ1) is 9.11. The molecular weight excluding hydrogens is 244 g/mol. The highest BCUT2D eigenvalue weighted by atomic mass is 16.5. The molecule has 0 bridgehead atoms. The van der Waals surface area contributed by atoms with Crippen molar-refractivity contribution in [3.05, 3.63) is 29.8 Å². The Bertz CT molecular complexity index is 441. The Kier molecular flexibility index (Phi) is 4.07. The van der Waals surface area contributed by atoms with E-state index in [0.29, 0.717) is 6.54 Å². The number of rotatable bonds is 6. The van der Waals surface area contributed by atoms with Gasteiger partial charge in [-0.3, -0.25) is 4.79 Å². The van der Waals surface area contributed by atoms with E-state index < -0.39 is 6.04 Å². The molecule has 19 heavy (non-hydrogen) atoms. The highest BCUT2D eigenvalue weighted by Crippen LogP contribution is 2.47. The fourth-order valence-corrected chi connectivity index (χ4v) is 2.13. The monoisotopic (exact) mass is 264 g/mol. The van der Waals surface area contributed by atoms with Crippen LogP contribution in [-0.4, -0.2) is 37.3 Å². The SMILES string of the molecule is COc1ccc(C2(CNC(=O)C(N)CO)CC2)cc1. The van der Waals surface area contributed by atoms with Gasteiger partial charge in [0.25, 0.3) is 0 Å². The second-order valence-electron chi connectivity index (χ2n) is 5.02. The van der Waals surface area contributed by atoms with E-state index >= 15 is 0 Å². The molecule has 104 valence electrons. The highest BCUT2D eigenvalue weighted by molar-refractivity contribution is 5.81. The topological polar surface area (TPSA) is 84.6 Å². The third-order valence-corrected chi connectivity index (χ3v) is 3.69. The third kappa shape index (κ3) is 3.05. The zero-order chi connectivity index (χ0) is 13.9. The largest absolute Gasteiger partial charge is 0.497 e. The van der Waals surface area contributed by atoms with Crippen molar-refractivity contribution in [1.29, 1.82) is 0 Å². The van der Waals surface area contributed by atoms with Crippen molar-refractivity contribution in [1.82, 2.24) is 5.32 Å². The lowest BCUT2D eigenvalue weighted by atomic mass is 9.95. The van der Waals surface area contributed by atoms with Crippen molar-refractivity contribution in [2.45, 2.75) is 24.3 Å². The number of carbonyl (C=O) groups excluding carboxylic acids is 1. The summed E-state index contributed by atoms with van der Waals surface area (Å²) in [6, 6.07) is 7.08. The van der Waals surface area contributed by atoms with Crippen LogP contribution in [0.3, 0.4) is 0 Å². The highest BCUT2D eigenvalue weighted by Gasteiger charge is 2.44. The molecule has 1 aliphatic carbocycles. The van der Waals surface area contributed by atoms with Crippen molar-refractivity contribution < 1.29 is 14.6 Å². The van der Waals surface area contributed by atoms with E-state index in [1.807, 2.05) is 24.3 Å². The smallest absolute Gasteiger partial charge is 0.239 e. The average Bonchev–Trinajstić information content (AvgIpc) is 3.25. The molecule has 1 saturated carbocycles. The number of benzene rings is 1. The van der Waals surface area contributed by atoms with Crippen LogP contribution >= 0.6 is 0 Å². The van der Waals surface area contributed by atoms with Gasteiger partial charge in [-0.1, -0.05) is 12.1 Å². The minimum Gasteiger partial charge on any atom is -0.497 e. The lowest BCUT2D eigenvalue weighted by Gasteiger charge is -2.18. The number of hydrogen-bond donors (Lipinski definition) is 3. The maximum Gasteiger partial charge on any atom is 0.239 e. The van der Waals surface area contributed by atoms with Gasteiger partial charge in [-0.15, -0.1) is 0 Å². The molecule has 5 nitrogen and oxygen atoms in total. The summed E-state index contributed by atoms with van der Waals surface area (Å²) in [5, 5.41) is 11.6. The number of hydrogen-bond acceptors (Lipinski definition) is 4. The van der Waals surface area contributed by atoms with Crippen molar-refractivity contribution in [2.24, 2.45) is 5.73 Å². The second kappa shape index (κ2) is 5.59. The van der Waals surface area contributed by atoms with E-state index in [0.717, 1.165) is 18.6 Å². The van der Waals surface area contributed by atoms with Crippen LogP contribution in [0.5, 0.6) is 5.75 Å². The van der Waals surface area contributed by atoms with E-state index in [-0.39, 0.29) is 17.9 Å². The zero-order valence-corrected chi connectivity index (χ0v) is 11.1. The van der Waals surface area contributed by atoms with Gasteiger partial charge in [-0.2, -0.15) is 0 Å². The standard InChI is InChI=1S/C14H20N2O3/c1-19-11-4-2-10(3-5-11)14(6-7-14)9-16-13(18)12(15)8-17/h2-5,12,17H,6-9,15H2,1H3,(H,16,18). The molecule has 1 unspecified atom stereocenters. The van der Waals surface area contributed by atoms with E-state index in [1.54, 1.807) is 7.11 Å². The van der Waals surface area contributed by atoms with Crippen molar-refractivity contribution >= 4 is 5.91 Å². The second-order valence-corrected chi connectivity index (χ2v) is 5.02. The Hall–Kier alpha value is -1.59. The first kappa shape index (κ1) is 13.8. The van der Waals surface area contributed by atoms with Crippen molar-refractivity contribution in [3.8, 4) is 5.75 Å². The van der Waals surface area contributed by atoms with Crippen LogP contribution in [0.4, 0.5) is 0 Å². The van der Waals surface area contributed by atoms with E-state index in [1.165, 1.54) is 5.56 Å². The molecule has 1 fully saturated rings. The molecule has 1 aromatic rings. The van der Waals surface area contributed by atoms with Gasteiger partial charge in [0.15, 0.2) is 0 Å². The number of methoxy groups -OCH3 is 1. The molecule has 1 amide bonds. The van der Waals surface area contributed by atoms with E-state index in [2.05, 4.69) is 5.32 Å². The molecule has 0 heterocycles. The Morgan fingerprint density at radius 2 is 2.11 bits per heavy atom. The summed E-state index contributed by atoms with van der Waals surface area (Å²) in [6.07, 6.45) is 2.10. The van der Waals surface area contributed by atoms with Gasteiger partial charge in [-0.25, -0.2) is 0 Å². The zero-order valence-electron chi connectivity index (χ0n) is 11.1. The van der Waals surface area contributed by atoms with Crippen LogP contribution in [-0.2, 0) is 10.2 Å². The first-order valence-electron chi connectivity index (χ1n) is 6.40. The van der Waals surface area contributed by atoms with Crippen LogP contribution in [0.1, 0.15) is 18.4 Å². The number of carbonyl (C=O) groups is 1. The lowest BCUT2D eigenvalue weighted by Crippen LogP contribution is -2.45. The quantitative estimate of drug-likeness (QED) is 0.683. The molecule has 2 rings (SSSR count). The van der Waals surface area contributed by atoms with Gasteiger partial charge < -0.3 is 20.9 Å². The lowest BCUT2D eigenvalue weighted by molar-refractivity contribution is -0.123. The molecule has 0 aliphatic heterocycles. The summed E-state index contributed by atoms with van der Waals surface area (Å²) >= 11 is 0. The van der Waals surface area contributed by atoms with E-state index in [4.69, 9.17) is 15.6 Å². The molecule has 0 spiro atoms. The summed E-state index contributed by atoms with van der Waals surface area (Å²) in [5.41, 5.74) is 6.69. The third-order valence-electron chi connectivity index (χ3n) is 3.69. The normalized spacial score (nSPS) is 17.6. The number of aliphatic hydroxyl groups excluding tert-OH is 1. The van der Waals surface area contributed by atoms with Gasteiger partial charge in [0, 0.05) is 12.0 Å². The molecule has 0 aromatic heterocycles. The fourth-order valence-electron chi connectivity index (χ4n) is 2.13. The van der Waals surface area contributed by atoms with Gasteiger partial charge >= 0.3 is 0 Å². The van der Waals surface area contributed by atoms with Crippen LogP contribution in [0.25, 0.3) is 0 Å². The Morgan fingerprint density at radius 1 is 1.47 bits per heavy atom. The maximum atomic E-state index is 11.6. The van der Waals surface area contributed by atoms with Gasteiger partial charge in [0.05, 0.1) is 13.7 Å². The summed E-state index contributed by atoms with van der Waals surface area (Å²) in [7, 11) is 1.64. The molecule has 1 atom stereocenters. The number of ether oxygens (including phenoxy) is 1. The summed E-state index contributed by atoms with van der Waals surface area (Å²) in [5.74, 6) is 0.521. The summed E-state index contributed by atoms with van der Waals surface area (Å²) in [6.45, 7) is 0.229. The molecule has 1 aliphatic rings. The Morgan fingerprint density at radius 3 is 2.58 bits per heavy atom. The fraction of sp³-hybridized carbons (Fsp3) is 0.500. The average molecular weight is 264 g/mol. The van der Waals surface area contributed by atoms with Gasteiger partial charge in [0.1, 0.15) is 11.8 Å². The number of nitrogens with two attached hydrogens (primary N) is 1. The predicted molar refractivity (Wildman–Crippen MR) is 72.0 cm³/mol. The van der Waals surface area contributed by atoms with Crippen LogP contribution in [0.15, 0.2) is 24.3 Å². The van der Waals surface area contributed by atoms with Crippen molar-refractivity contribution in [3.63, 3.8) is 0 Å². The van der Waals surface area contributed by atoms with E-state index in [9.17, 15) is 4.79 Å². The number of aliphatic hydroxyl groups is 1. The minimum atomic E-state index is -0.841. The number of nitrogens with one attached hydrogen (secondary N) is 1. The molecule has 5 heteroatoms. The molecule has 0 radical (unpaired) electrons. The summed E-state index contributed by atoms with van der Waals surface area (Å²) < 4.78 is 5.13. The molecule has 4 N–H and O–H groups in total. The number of amides is 1. The molecule has 1 aromatic carbocycles. The van der Waals surface area contributed by atoms with Gasteiger partial charge in [0.2, 0.25) is 5.91 Å². The summed E-state index contributed by atoms with van der Waals surface area (Å²) in [4.78, 5) is 11.6. The minimum absolute atomic E-state index is 0.0249. The van der Waals surface area contributed by atoms with Gasteiger partial charge in [-0.05, 0) is 30.5 Å². The predicted octanol–water partition coefficient (Wildman–Crippen LogP) is 0.163.